The molecule has 0 spiro atoms. The maximum atomic E-state index is 11.2. The summed E-state index contributed by atoms with van der Waals surface area (Å²) in [6.45, 7) is 0. The first-order valence-electron chi connectivity index (χ1n) is 4.03. The van der Waals surface area contributed by atoms with E-state index < -0.39 is 5.97 Å². The van der Waals surface area contributed by atoms with E-state index in [-0.39, 0.29) is 15.5 Å². The highest BCUT2D eigenvalue weighted by Crippen LogP contribution is 2.41. The van der Waals surface area contributed by atoms with Crippen molar-refractivity contribution in [1.82, 2.24) is 9.97 Å². The lowest BCUT2D eigenvalue weighted by atomic mass is 10.3. The summed E-state index contributed by atoms with van der Waals surface area (Å²) in [5.74, 6) is -0.0885. The van der Waals surface area contributed by atoms with Crippen molar-refractivity contribution < 1.29 is 14.3 Å². The SMILES string of the molecule is COC(=O)c1cnc2c(n1)C(Br)C(Br)O2. The molecule has 0 saturated heterocycles. The molecule has 80 valence electrons. The lowest BCUT2D eigenvalue weighted by molar-refractivity contribution is 0.0593. The molecule has 0 N–H and O–H groups in total. The van der Waals surface area contributed by atoms with Crippen LogP contribution in [0.5, 0.6) is 5.88 Å². The van der Waals surface area contributed by atoms with Crippen molar-refractivity contribution in [2.75, 3.05) is 7.11 Å². The topological polar surface area (TPSA) is 61.3 Å². The average molecular weight is 338 g/mol. The normalized spacial score (nSPS) is 23.1. The molecular weight excluding hydrogens is 332 g/mol. The summed E-state index contributed by atoms with van der Waals surface area (Å²) in [5.41, 5.74) is 0.769. The molecular formula is C8H6Br2N2O3. The second-order valence-electron chi connectivity index (χ2n) is 2.81. The van der Waals surface area contributed by atoms with Crippen LogP contribution in [0, 0.1) is 0 Å². The zero-order valence-electron chi connectivity index (χ0n) is 7.61. The van der Waals surface area contributed by atoms with Gasteiger partial charge >= 0.3 is 5.97 Å². The number of alkyl halides is 2. The monoisotopic (exact) mass is 336 g/mol. The number of hydrogen-bond donors (Lipinski definition) is 0. The van der Waals surface area contributed by atoms with Gasteiger partial charge in [0.15, 0.2) is 10.7 Å². The van der Waals surface area contributed by atoms with Gasteiger partial charge in [0.1, 0.15) is 10.5 Å². The van der Waals surface area contributed by atoms with Crippen LogP contribution in [0.15, 0.2) is 6.20 Å². The van der Waals surface area contributed by atoms with E-state index in [2.05, 4.69) is 46.6 Å². The standard InChI is InChI=1S/C8H6Br2N2O3/c1-14-8(13)3-2-11-7-5(12-3)4(9)6(10)15-7/h2,4,6H,1H3. The van der Waals surface area contributed by atoms with Crippen LogP contribution in [0.3, 0.4) is 0 Å². The number of hydrogen-bond acceptors (Lipinski definition) is 5. The number of carbonyl (C=O) groups excluding carboxylic acids is 1. The minimum Gasteiger partial charge on any atom is -0.464 e. The number of nitrogens with zero attached hydrogens (tertiary/aromatic N) is 2. The predicted molar refractivity (Wildman–Crippen MR) is 58.4 cm³/mol. The van der Waals surface area contributed by atoms with E-state index in [1.165, 1.54) is 13.3 Å². The van der Waals surface area contributed by atoms with Crippen LogP contribution in [0.25, 0.3) is 0 Å². The summed E-state index contributed by atoms with van der Waals surface area (Å²) in [6, 6.07) is 0. The summed E-state index contributed by atoms with van der Waals surface area (Å²) in [5, 5.41) is -0.222. The molecule has 2 atom stereocenters. The molecule has 7 heteroatoms. The van der Waals surface area contributed by atoms with Crippen LogP contribution < -0.4 is 4.74 Å². The number of fused-ring (bicyclic) bond motifs is 1. The van der Waals surface area contributed by atoms with Crippen LogP contribution in [0.2, 0.25) is 0 Å². The molecule has 0 saturated carbocycles. The quantitative estimate of drug-likeness (QED) is 0.577. The van der Waals surface area contributed by atoms with Crippen molar-refractivity contribution in [2.24, 2.45) is 0 Å². The summed E-state index contributed by atoms with van der Waals surface area (Å²) in [4.78, 5) is 19.2. The number of methoxy groups -OCH3 is 1. The summed E-state index contributed by atoms with van der Waals surface area (Å²) >= 11 is 6.68. The molecule has 0 amide bonds. The van der Waals surface area contributed by atoms with E-state index >= 15 is 0 Å². The van der Waals surface area contributed by atoms with Gasteiger partial charge in [-0.05, 0) is 15.9 Å². The van der Waals surface area contributed by atoms with Crippen molar-refractivity contribution >= 4 is 37.8 Å². The highest BCUT2D eigenvalue weighted by Gasteiger charge is 2.34. The molecule has 2 rings (SSSR count). The molecule has 0 radical (unpaired) electrons. The molecule has 2 unspecified atom stereocenters. The predicted octanol–water partition coefficient (Wildman–Crippen LogP) is 1.81. The van der Waals surface area contributed by atoms with Gasteiger partial charge in [0.25, 0.3) is 0 Å². The second kappa shape index (κ2) is 4.05. The van der Waals surface area contributed by atoms with Crippen molar-refractivity contribution in [3.63, 3.8) is 0 Å². The lowest BCUT2D eigenvalue weighted by Gasteiger charge is -2.02. The van der Waals surface area contributed by atoms with Crippen LogP contribution in [0.1, 0.15) is 21.0 Å². The maximum Gasteiger partial charge on any atom is 0.358 e. The van der Waals surface area contributed by atoms with E-state index in [0.717, 1.165) is 0 Å². The first kappa shape index (κ1) is 10.8. The Balaban J connectivity index is 2.39. The van der Waals surface area contributed by atoms with Crippen molar-refractivity contribution in [2.45, 2.75) is 9.84 Å². The van der Waals surface area contributed by atoms with Crippen molar-refractivity contribution in [1.29, 1.82) is 0 Å². The Morgan fingerprint density at radius 2 is 2.33 bits per heavy atom. The van der Waals surface area contributed by atoms with Gasteiger partial charge in [0.05, 0.1) is 13.3 Å². The third-order valence-electron chi connectivity index (χ3n) is 1.87. The molecule has 1 aromatic rings. The van der Waals surface area contributed by atoms with Gasteiger partial charge in [-0.3, -0.25) is 0 Å². The molecule has 15 heavy (non-hydrogen) atoms. The molecule has 0 fully saturated rings. The van der Waals surface area contributed by atoms with Gasteiger partial charge in [0.2, 0.25) is 5.88 Å². The van der Waals surface area contributed by atoms with Gasteiger partial charge < -0.3 is 9.47 Å². The van der Waals surface area contributed by atoms with Crippen molar-refractivity contribution in [3.05, 3.63) is 17.6 Å². The number of carbonyl (C=O) groups is 1. The Labute approximate surface area is 102 Å². The molecule has 0 aliphatic carbocycles. The van der Waals surface area contributed by atoms with E-state index in [1.807, 2.05) is 0 Å². The van der Waals surface area contributed by atoms with E-state index in [1.54, 1.807) is 0 Å². The fourth-order valence-corrected chi connectivity index (χ4v) is 1.99. The smallest absolute Gasteiger partial charge is 0.358 e. The first-order chi connectivity index (χ1) is 7.13. The Hall–Kier alpha value is -0.690. The van der Waals surface area contributed by atoms with Gasteiger partial charge in [-0.15, -0.1) is 0 Å². The minimum atomic E-state index is -0.511. The zero-order chi connectivity index (χ0) is 11.0. The van der Waals surface area contributed by atoms with Gasteiger partial charge in [-0.2, -0.15) is 0 Å². The number of esters is 1. The first-order valence-corrected chi connectivity index (χ1v) is 5.86. The Bertz CT molecular complexity index is 413. The minimum absolute atomic E-state index is 0.121. The zero-order valence-corrected chi connectivity index (χ0v) is 10.8. The second-order valence-corrected chi connectivity index (χ2v) is 4.70. The lowest BCUT2D eigenvalue weighted by Crippen LogP contribution is -2.07. The largest absolute Gasteiger partial charge is 0.464 e. The number of halogens is 2. The summed E-state index contributed by atoms with van der Waals surface area (Å²) < 4.78 is 9.88. The van der Waals surface area contributed by atoms with E-state index in [9.17, 15) is 4.79 Å². The highest BCUT2D eigenvalue weighted by molar-refractivity contribution is 9.12. The van der Waals surface area contributed by atoms with Crippen molar-refractivity contribution in [3.8, 4) is 5.88 Å². The van der Waals surface area contributed by atoms with Crippen LogP contribution in [-0.4, -0.2) is 28.1 Å². The maximum absolute atomic E-state index is 11.2. The molecule has 1 aliphatic heterocycles. The molecule has 0 aromatic carbocycles. The van der Waals surface area contributed by atoms with E-state index in [4.69, 9.17) is 4.74 Å². The Morgan fingerprint density at radius 1 is 1.60 bits per heavy atom. The van der Waals surface area contributed by atoms with Crippen LogP contribution in [0.4, 0.5) is 0 Å². The summed E-state index contributed by atoms with van der Waals surface area (Å²) in [7, 11) is 1.30. The third-order valence-corrected chi connectivity index (χ3v) is 4.21. The van der Waals surface area contributed by atoms with E-state index in [0.29, 0.717) is 11.6 Å². The highest BCUT2D eigenvalue weighted by atomic mass is 79.9. The average Bonchev–Trinajstić information content (AvgIpc) is 2.54. The van der Waals surface area contributed by atoms with Crippen LogP contribution in [-0.2, 0) is 4.74 Å². The number of aromatic nitrogens is 2. The number of ether oxygens (including phenoxy) is 2. The Kier molecular flexibility index (Phi) is 2.92. The van der Waals surface area contributed by atoms with Gasteiger partial charge in [-0.25, -0.2) is 14.8 Å². The molecule has 2 heterocycles. The molecule has 1 aliphatic rings. The molecule has 5 nitrogen and oxygen atoms in total. The summed E-state index contributed by atoms with van der Waals surface area (Å²) in [6.07, 6.45) is 1.33. The fraction of sp³-hybridized carbons (Fsp3) is 0.375. The van der Waals surface area contributed by atoms with Gasteiger partial charge in [-0.1, -0.05) is 15.9 Å². The molecule has 0 bridgehead atoms. The van der Waals surface area contributed by atoms with Gasteiger partial charge in [0, 0.05) is 0 Å². The number of rotatable bonds is 1. The Morgan fingerprint density at radius 3 is 3.00 bits per heavy atom. The molecule has 1 aromatic heterocycles. The van der Waals surface area contributed by atoms with Crippen LogP contribution >= 0.6 is 31.9 Å². The fourth-order valence-electron chi connectivity index (χ4n) is 1.16. The third kappa shape index (κ3) is 1.85.